The maximum Gasteiger partial charge on any atom is 0.0738 e. The molecule has 14 heavy (non-hydrogen) atoms. The molecule has 1 aromatic heterocycles. The van der Waals surface area contributed by atoms with Crippen LogP contribution in [0.25, 0.3) is 0 Å². The summed E-state index contributed by atoms with van der Waals surface area (Å²) >= 11 is 0. The highest BCUT2D eigenvalue weighted by molar-refractivity contribution is 4.94. The maximum atomic E-state index is 4.02. The fraction of sp³-hybridized carbons (Fsp3) is 0.778. The van der Waals surface area contributed by atoms with Crippen LogP contribution in [0, 0.1) is 0 Å². The van der Waals surface area contributed by atoms with Gasteiger partial charge in [-0.05, 0) is 6.92 Å². The van der Waals surface area contributed by atoms with Crippen LogP contribution < -0.4 is 5.32 Å². The summed E-state index contributed by atoms with van der Waals surface area (Å²) in [5.74, 6) is 0. The molecule has 0 aromatic carbocycles. The number of aromatic nitrogens is 3. The topological polar surface area (TPSA) is 46.0 Å². The second kappa shape index (κ2) is 4.52. The van der Waals surface area contributed by atoms with E-state index >= 15 is 0 Å². The normalized spacial score (nSPS) is 18.6. The molecule has 0 bridgehead atoms. The third kappa shape index (κ3) is 2.10. The molecule has 1 aliphatic heterocycles. The molecule has 0 aliphatic carbocycles. The van der Waals surface area contributed by atoms with Gasteiger partial charge in [0.15, 0.2) is 0 Å². The summed E-state index contributed by atoms with van der Waals surface area (Å²) in [6.07, 6.45) is 1.87. The second-order valence-electron chi connectivity index (χ2n) is 3.57. The average molecular weight is 195 g/mol. The van der Waals surface area contributed by atoms with E-state index in [4.69, 9.17) is 0 Å². The predicted octanol–water partition coefficient (Wildman–Crippen LogP) is -0.297. The van der Waals surface area contributed by atoms with E-state index in [1.54, 1.807) is 0 Å². The highest BCUT2D eigenvalue weighted by atomic mass is 15.4. The third-order valence-electron chi connectivity index (χ3n) is 2.59. The van der Waals surface area contributed by atoms with Crippen LogP contribution in [-0.4, -0.2) is 46.1 Å². The summed E-state index contributed by atoms with van der Waals surface area (Å²) in [5.41, 5.74) is 1.22. The van der Waals surface area contributed by atoms with E-state index in [0.717, 1.165) is 39.3 Å². The molecule has 2 rings (SSSR count). The molecule has 0 radical (unpaired) electrons. The molecule has 0 atom stereocenters. The van der Waals surface area contributed by atoms with Crippen molar-refractivity contribution in [3.63, 3.8) is 0 Å². The first-order chi connectivity index (χ1) is 6.90. The van der Waals surface area contributed by atoms with Crippen molar-refractivity contribution in [3.05, 3.63) is 11.9 Å². The zero-order valence-electron chi connectivity index (χ0n) is 8.61. The van der Waals surface area contributed by atoms with Gasteiger partial charge < -0.3 is 5.32 Å². The molecule has 0 unspecified atom stereocenters. The summed E-state index contributed by atoms with van der Waals surface area (Å²) < 4.78 is 1.96. The van der Waals surface area contributed by atoms with Crippen molar-refractivity contribution in [2.45, 2.75) is 20.0 Å². The summed E-state index contributed by atoms with van der Waals surface area (Å²) in [7, 11) is 0. The lowest BCUT2D eigenvalue weighted by Gasteiger charge is -2.26. The summed E-state index contributed by atoms with van der Waals surface area (Å²) in [4.78, 5) is 2.43. The molecular formula is C9H17N5. The highest BCUT2D eigenvalue weighted by Gasteiger charge is 2.12. The largest absolute Gasteiger partial charge is 0.314 e. The van der Waals surface area contributed by atoms with Crippen LogP contribution in [0.2, 0.25) is 0 Å². The Morgan fingerprint density at radius 1 is 1.43 bits per heavy atom. The molecule has 1 aliphatic rings. The molecule has 0 spiro atoms. The number of piperazine rings is 1. The van der Waals surface area contributed by atoms with Crippen LogP contribution in [-0.2, 0) is 13.1 Å². The van der Waals surface area contributed by atoms with Crippen LogP contribution >= 0.6 is 0 Å². The SMILES string of the molecule is CCn1nncc1CN1CCNCC1. The first kappa shape index (κ1) is 9.61. The highest BCUT2D eigenvalue weighted by Crippen LogP contribution is 2.03. The van der Waals surface area contributed by atoms with E-state index in [1.807, 2.05) is 10.9 Å². The van der Waals surface area contributed by atoms with Crippen LogP contribution in [0.1, 0.15) is 12.6 Å². The summed E-state index contributed by atoms with van der Waals surface area (Å²) in [6, 6.07) is 0. The minimum Gasteiger partial charge on any atom is -0.314 e. The van der Waals surface area contributed by atoms with Crippen LogP contribution in [0.3, 0.4) is 0 Å². The van der Waals surface area contributed by atoms with Gasteiger partial charge in [-0.1, -0.05) is 5.21 Å². The van der Waals surface area contributed by atoms with Gasteiger partial charge in [0, 0.05) is 39.3 Å². The van der Waals surface area contributed by atoms with Gasteiger partial charge in [-0.15, -0.1) is 5.10 Å². The van der Waals surface area contributed by atoms with Gasteiger partial charge in [-0.2, -0.15) is 0 Å². The van der Waals surface area contributed by atoms with E-state index in [2.05, 4.69) is 27.5 Å². The van der Waals surface area contributed by atoms with Crippen molar-refractivity contribution in [2.24, 2.45) is 0 Å². The Hall–Kier alpha value is -0.940. The second-order valence-corrected chi connectivity index (χ2v) is 3.57. The Bertz CT molecular complexity index is 276. The summed E-state index contributed by atoms with van der Waals surface area (Å²) in [5, 5.41) is 11.3. The molecule has 1 aromatic rings. The van der Waals surface area contributed by atoms with Crippen LogP contribution in [0.15, 0.2) is 6.20 Å². The van der Waals surface area contributed by atoms with E-state index in [-0.39, 0.29) is 0 Å². The first-order valence-corrected chi connectivity index (χ1v) is 5.20. The Labute approximate surface area is 84.1 Å². The fourth-order valence-corrected chi connectivity index (χ4v) is 1.77. The molecule has 1 N–H and O–H groups in total. The molecule has 1 fully saturated rings. The van der Waals surface area contributed by atoms with Crippen molar-refractivity contribution in [3.8, 4) is 0 Å². The van der Waals surface area contributed by atoms with E-state index in [9.17, 15) is 0 Å². The lowest BCUT2D eigenvalue weighted by atomic mass is 10.3. The number of nitrogens with one attached hydrogen (secondary N) is 1. The molecule has 0 saturated carbocycles. The monoisotopic (exact) mass is 195 g/mol. The minimum absolute atomic E-state index is 0.904. The Balaban J connectivity index is 1.95. The average Bonchev–Trinajstić information content (AvgIpc) is 2.67. The predicted molar refractivity (Wildman–Crippen MR) is 53.8 cm³/mol. The van der Waals surface area contributed by atoms with Gasteiger partial charge in [-0.25, -0.2) is 4.68 Å². The molecule has 1 saturated heterocycles. The molecule has 0 amide bonds. The van der Waals surface area contributed by atoms with Crippen LogP contribution in [0.4, 0.5) is 0 Å². The number of hydrogen-bond acceptors (Lipinski definition) is 4. The molecule has 78 valence electrons. The maximum absolute atomic E-state index is 4.02. The number of aryl methyl sites for hydroxylation is 1. The van der Waals surface area contributed by atoms with Crippen molar-refractivity contribution < 1.29 is 0 Å². The van der Waals surface area contributed by atoms with E-state index in [1.165, 1.54) is 5.69 Å². The van der Waals surface area contributed by atoms with E-state index < -0.39 is 0 Å². The zero-order chi connectivity index (χ0) is 9.80. The van der Waals surface area contributed by atoms with Crippen molar-refractivity contribution in [2.75, 3.05) is 26.2 Å². The van der Waals surface area contributed by atoms with Gasteiger partial charge in [-0.3, -0.25) is 4.90 Å². The standard InChI is InChI=1S/C9H17N5/c1-2-14-9(7-11-12-14)8-13-5-3-10-4-6-13/h7,10H,2-6,8H2,1H3. The molecule has 5 nitrogen and oxygen atoms in total. The van der Waals surface area contributed by atoms with Gasteiger partial charge in [0.2, 0.25) is 0 Å². The van der Waals surface area contributed by atoms with Crippen molar-refractivity contribution in [1.82, 2.24) is 25.2 Å². The molecule has 2 heterocycles. The van der Waals surface area contributed by atoms with Crippen molar-refractivity contribution >= 4 is 0 Å². The smallest absolute Gasteiger partial charge is 0.0738 e. The fourth-order valence-electron chi connectivity index (χ4n) is 1.77. The van der Waals surface area contributed by atoms with Gasteiger partial charge in [0.05, 0.1) is 11.9 Å². The Morgan fingerprint density at radius 2 is 2.21 bits per heavy atom. The zero-order valence-corrected chi connectivity index (χ0v) is 8.61. The van der Waals surface area contributed by atoms with Gasteiger partial charge in [0.25, 0.3) is 0 Å². The minimum atomic E-state index is 0.904. The number of nitrogens with zero attached hydrogens (tertiary/aromatic N) is 4. The third-order valence-corrected chi connectivity index (χ3v) is 2.59. The van der Waals surface area contributed by atoms with Crippen molar-refractivity contribution in [1.29, 1.82) is 0 Å². The van der Waals surface area contributed by atoms with E-state index in [0.29, 0.717) is 0 Å². The first-order valence-electron chi connectivity index (χ1n) is 5.20. The number of hydrogen-bond donors (Lipinski definition) is 1. The molecular weight excluding hydrogens is 178 g/mol. The number of rotatable bonds is 3. The van der Waals surface area contributed by atoms with Crippen LogP contribution in [0.5, 0.6) is 0 Å². The lowest BCUT2D eigenvalue weighted by molar-refractivity contribution is 0.227. The van der Waals surface area contributed by atoms with Gasteiger partial charge >= 0.3 is 0 Å². The Morgan fingerprint density at radius 3 is 2.93 bits per heavy atom. The quantitative estimate of drug-likeness (QED) is 0.719. The summed E-state index contributed by atoms with van der Waals surface area (Å²) in [6.45, 7) is 8.39. The molecule has 5 heteroatoms. The lowest BCUT2D eigenvalue weighted by Crippen LogP contribution is -2.43. The Kier molecular flexibility index (Phi) is 3.10. The van der Waals surface area contributed by atoms with Gasteiger partial charge in [0.1, 0.15) is 0 Å².